The molecular weight excluding hydrogens is 256 g/mol. The summed E-state index contributed by atoms with van der Waals surface area (Å²) in [6.45, 7) is -0.271. The van der Waals surface area contributed by atoms with Gasteiger partial charge in [-0.25, -0.2) is 8.42 Å². The van der Waals surface area contributed by atoms with E-state index < -0.39 is 15.8 Å². The Morgan fingerprint density at radius 2 is 2.11 bits per heavy atom. The zero-order valence-electron chi connectivity index (χ0n) is 9.91. The number of nitriles is 1. The molecule has 0 spiro atoms. The van der Waals surface area contributed by atoms with Gasteiger partial charge in [-0.2, -0.15) is 5.26 Å². The highest BCUT2D eigenvalue weighted by Gasteiger charge is 2.14. The fourth-order valence-corrected chi connectivity index (χ4v) is 2.10. The molecule has 0 aliphatic heterocycles. The van der Waals surface area contributed by atoms with Gasteiger partial charge in [-0.3, -0.25) is 4.79 Å². The summed E-state index contributed by atoms with van der Waals surface area (Å²) in [5.74, 6) is -1.03. The van der Waals surface area contributed by atoms with Gasteiger partial charge in [-0.15, -0.1) is 0 Å². The van der Waals surface area contributed by atoms with Crippen LogP contribution < -0.4 is 4.90 Å². The quantitative estimate of drug-likeness (QED) is 0.853. The molecule has 0 aliphatic rings. The van der Waals surface area contributed by atoms with E-state index in [1.54, 1.807) is 0 Å². The molecule has 0 saturated carbocycles. The van der Waals surface area contributed by atoms with Crippen LogP contribution in [0.3, 0.4) is 0 Å². The van der Waals surface area contributed by atoms with E-state index >= 15 is 0 Å². The van der Waals surface area contributed by atoms with Gasteiger partial charge in [0.25, 0.3) is 0 Å². The van der Waals surface area contributed by atoms with E-state index in [1.165, 1.54) is 30.1 Å². The number of hydrogen-bond acceptors (Lipinski definition) is 5. The van der Waals surface area contributed by atoms with Gasteiger partial charge in [-0.1, -0.05) is 0 Å². The molecule has 1 aromatic carbocycles. The van der Waals surface area contributed by atoms with E-state index in [2.05, 4.69) is 0 Å². The molecule has 0 atom stereocenters. The molecule has 0 saturated heterocycles. The number of carboxylic acid groups (broad SMARTS) is 1. The highest BCUT2D eigenvalue weighted by atomic mass is 32.2. The van der Waals surface area contributed by atoms with Crippen molar-refractivity contribution in [3.8, 4) is 6.07 Å². The molecule has 1 aromatic rings. The molecule has 18 heavy (non-hydrogen) atoms. The number of hydrogen-bond donors (Lipinski definition) is 1. The second kappa shape index (κ2) is 5.06. The number of benzene rings is 1. The fraction of sp³-hybridized carbons (Fsp3) is 0.273. The average molecular weight is 268 g/mol. The van der Waals surface area contributed by atoms with Crippen molar-refractivity contribution in [1.29, 1.82) is 5.26 Å². The number of aliphatic carboxylic acids is 1. The third-order valence-electron chi connectivity index (χ3n) is 2.30. The third-order valence-corrected chi connectivity index (χ3v) is 3.41. The molecule has 96 valence electrons. The van der Waals surface area contributed by atoms with Gasteiger partial charge < -0.3 is 10.0 Å². The van der Waals surface area contributed by atoms with Crippen molar-refractivity contribution in [2.24, 2.45) is 0 Å². The van der Waals surface area contributed by atoms with E-state index in [1.807, 2.05) is 6.07 Å². The number of nitrogens with zero attached hydrogens (tertiary/aromatic N) is 2. The Bertz CT molecular complexity index is 616. The number of carbonyl (C=O) groups is 1. The molecular formula is C11H12N2O4S. The minimum Gasteiger partial charge on any atom is -0.480 e. The van der Waals surface area contributed by atoms with E-state index in [-0.39, 0.29) is 17.0 Å². The molecule has 0 heterocycles. The molecule has 0 amide bonds. The molecule has 0 aromatic heterocycles. The Kier molecular flexibility index (Phi) is 3.93. The summed E-state index contributed by atoms with van der Waals surface area (Å²) in [4.78, 5) is 12.0. The standard InChI is InChI=1S/C11H12N2O4S/c1-13(7-11(14)15)10-4-3-9(18(2,16)17)5-8(10)6-12/h3-5H,7H2,1-2H3,(H,14,15). The van der Waals surface area contributed by atoms with Crippen LogP contribution in [0.2, 0.25) is 0 Å². The van der Waals surface area contributed by atoms with Crippen LogP contribution in [0.15, 0.2) is 23.1 Å². The first-order chi connectivity index (χ1) is 8.25. The Morgan fingerprint density at radius 3 is 2.56 bits per heavy atom. The van der Waals surface area contributed by atoms with E-state index in [4.69, 9.17) is 10.4 Å². The first-order valence-corrected chi connectivity index (χ1v) is 6.82. The predicted molar refractivity (Wildman–Crippen MR) is 65.2 cm³/mol. The van der Waals surface area contributed by atoms with E-state index in [0.717, 1.165) is 6.26 Å². The lowest BCUT2D eigenvalue weighted by molar-refractivity contribution is -0.135. The first-order valence-electron chi connectivity index (χ1n) is 4.93. The van der Waals surface area contributed by atoms with Crippen LogP contribution in [-0.4, -0.2) is 39.3 Å². The summed E-state index contributed by atoms with van der Waals surface area (Å²) in [7, 11) is -1.87. The fourth-order valence-electron chi connectivity index (χ4n) is 1.46. The molecule has 0 unspecified atom stereocenters. The average Bonchev–Trinajstić information content (AvgIpc) is 2.26. The molecule has 0 bridgehead atoms. The van der Waals surface area contributed by atoms with Crippen molar-refractivity contribution < 1.29 is 18.3 Å². The maximum atomic E-state index is 11.3. The Morgan fingerprint density at radius 1 is 1.50 bits per heavy atom. The molecule has 0 aliphatic carbocycles. The summed E-state index contributed by atoms with van der Waals surface area (Å²) in [6.07, 6.45) is 1.05. The maximum Gasteiger partial charge on any atom is 0.323 e. The largest absolute Gasteiger partial charge is 0.480 e. The lowest BCUT2D eigenvalue weighted by atomic mass is 10.2. The van der Waals surface area contributed by atoms with Crippen LogP contribution in [0.1, 0.15) is 5.56 Å². The normalized spacial score (nSPS) is 10.7. The van der Waals surface area contributed by atoms with Crippen molar-refractivity contribution in [1.82, 2.24) is 0 Å². The molecule has 6 nitrogen and oxygen atoms in total. The smallest absolute Gasteiger partial charge is 0.323 e. The van der Waals surface area contributed by atoms with Crippen LogP contribution in [0.5, 0.6) is 0 Å². The molecule has 0 radical (unpaired) electrons. The van der Waals surface area contributed by atoms with Crippen LogP contribution in [-0.2, 0) is 14.6 Å². The lowest BCUT2D eigenvalue weighted by Gasteiger charge is -2.18. The highest BCUT2D eigenvalue weighted by Crippen LogP contribution is 2.22. The minimum atomic E-state index is -3.39. The monoisotopic (exact) mass is 268 g/mol. The van der Waals surface area contributed by atoms with Crippen molar-refractivity contribution in [3.63, 3.8) is 0 Å². The predicted octanol–water partition coefficient (Wildman–Crippen LogP) is 0.483. The number of carboxylic acids is 1. The molecule has 0 fully saturated rings. The topological polar surface area (TPSA) is 98.5 Å². The number of anilines is 1. The van der Waals surface area contributed by atoms with Gasteiger partial charge in [0.1, 0.15) is 12.6 Å². The summed E-state index contributed by atoms with van der Waals surface area (Å²) in [6, 6.07) is 5.88. The maximum absolute atomic E-state index is 11.3. The number of rotatable bonds is 4. The summed E-state index contributed by atoms with van der Waals surface area (Å²) >= 11 is 0. The third kappa shape index (κ3) is 3.21. The molecule has 1 rings (SSSR count). The second-order valence-corrected chi connectivity index (χ2v) is 5.83. The van der Waals surface area contributed by atoms with Gasteiger partial charge in [0.2, 0.25) is 0 Å². The minimum absolute atomic E-state index is 0.0338. The van der Waals surface area contributed by atoms with E-state index in [9.17, 15) is 13.2 Å². The van der Waals surface area contributed by atoms with Crippen LogP contribution >= 0.6 is 0 Å². The Labute approximate surface area is 105 Å². The first kappa shape index (κ1) is 14.0. The van der Waals surface area contributed by atoms with Gasteiger partial charge in [0.05, 0.1) is 16.1 Å². The zero-order valence-corrected chi connectivity index (χ0v) is 10.7. The van der Waals surface area contributed by atoms with Gasteiger partial charge >= 0.3 is 5.97 Å². The Hall–Kier alpha value is -2.07. The van der Waals surface area contributed by atoms with Crippen molar-refractivity contribution >= 4 is 21.5 Å². The Balaban J connectivity index is 3.25. The SMILES string of the molecule is CN(CC(=O)O)c1ccc(S(C)(=O)=O)cc1C#N. The highest BCUT2D eigenvalue weighted by molar-refractivity contribution is 7.90. The van der Waals surface area contributed by atoms with Crippen molar-refractivity contribution in [2.45, 2.75) is 4.90 Å². The zero-order chi connectivity index (χ0) is 13.9. The lowest BCUT2D eigenvalue weighted by Crippen LogP contribution is -2.25. The van der Waals surface area contributed by atoms with Crippen LogP contribution in [0, 0.1) is 11.3 Å². The summed E-state index contributed by atoms with van der Waals surface area (Å²) in [5, 5.41) is 17.6. The van der Waals surface area contributed by atoms with Crippen molar-refractivity contribution in [2.75, 3.05) is 24.7 Å². The molecule has 7 heteroatoms. The number of sulfone groups is 1. The van der Waals surface area contributed by atoms with Crippen LogP contribution in [0.4, 0.5) is 5.69 Å². The summed E-state index contributed by atoms with van der Waals surface area (Å²) in [5.41, 5.74) is 0.508. The second-order valence-electron chi connectivity index (χ2n) is 3.81. The van der Waals surface area contributed by atoms with Gasteiger partial charge in [0.15, 0.2) is 9.84 Å². The summed E-state index contributed by atoms with van der Waals surface area (Å²) < 4.78 is 22.7. The van der Waals surface area contributed by atoms with Crippen LogP contribution in [0.25, 0.3) is 0 Å². The van der Waals surface area contributed by atoms with Gasteiger partial charge in [-0.05, 0) is 18.2 Å². The number of likely N-dealkylation sites (N-methyl/N-ethyl adjacent to an activating group) is 1. The molecule has 1 N–H and O–H groups in total. The van der Waals surface area contributed by atoms with E-state index in [0.29, 0.717) is 5.69 Å². The van der Waals surface area contributed by atoms with Crippen molar-refractivity contribution in [3.05, 3.63) is 23.8 Å². The van der Waals surface area contributed by atoms with Gasteiger partial charge in [0, 0.05) is 13.3 Å².